The van der Waals surface area contributed by atoms with Crippen LogP contribution in [-0.2, 0) is 26.0 Å². The van der Waals surface area contributed by atoms with Gasteiger partial charge in [0.1, 0.15) is 23.8 Å². The van der Waals surface area contributed by atoms with Crippen LogP contribution < -0.4 is 4.72 Å². The number of benzene rings is 2. The predicted molar refractivity (Wildman–Crippen MR) is 124 cm³/mol. The minimum Gasteiger partial charge on any atom is -0.368 e. The Morgan fingerprint density at radius 3 is 2.33 bits per heavy atom. The van der Waals surface area contributed by atoms with E-state index in [2.05, 4.69) is 4.72 Å². The van der Waals surface area contributed by atoms with Gasteiger partial charge in [0.25, 0.3) is 11.8 Å². The lowest BCUT2D eigenvalue weighted by Crippen LogP contribution is -2.54. The van der Waals surface area contributed by atoms with Gasteiger partial charge in [-0.2, -0.15) is 0 Å². The van der Waals surface area contributed by atoms with E-state index in [0.29, 0.717) is 31.4 Å². The number of aryl methyl sites for hydroxylation is 1. The zero-order valence-corrected chi connectivity index (χ0v) is 20.3. The number of amides is 1. The summed E-state index contributed by atoms with van der Waals surface area (Å²) in [6.45, 7) is 0.855. The number of halogens is 4. The molecule has 0 spiro atoms. The number of carbonyl (C=O) groups is 1. The average molecular weight is 527 g/mol. The van der Waals surface area contributed by atoms with Crippen molar-refractivity contribution in [1.82, 2.24) is 9.62 Å². The molecule has 6 nitrogen and oxygen atoms in total. The summed E-state index contributed by atoms with van der Waals surface area (Å²) in [6.07, 6.45) is -0.174. The summed E-state index contributed by atoms with van der Waals surface area (Å²) in [6, 6.07) is 5.49. The topological polar surface area (TPSA) is 75.7 Å². The summed E-state index contributed by atoms with van der Waals surface area (Å²) in [5, 5.41) is -0.752. The zero-order chi connectivity index (χ0) is 25.8. The Morgan fingerprint density at radius 2 is 1.72 bits per heavy atom. The van der Waals surface area contributed by atoms with Gasteiger partial charge in [-0.05, 0) is 37.3 Å². The first-order valence-electron chi connectivity index (χ1n) is 11.8. The van der Waals surface area contributed by atoms with Crippen LogP contribution in [0, 0.1) is 18.6 Å². The van der Waals surface area contributed by atoms with Gasteiger partial charge in [-0.15, -0.1) is 0 Å². The highest BCUT2D eigenvalue weighted by molar-refractivity contribution is 7.90. The van der Waals surface area contributed by atoms with Crippen LogP contribution in [-0.4, -0.2) is 61.7 Å². The Balaban J connectivity index is 1.52. The summed E-state index contributed by atoms with van der Waals surface area (Å²) in [5.41, 5.74) is 0.264. The van der Waals surface area contributed by atoms with Crippen molar-refractivity contribution in [2.24, 2.45) is 0 Å². The number of likely N-dealkylation sites (tertiary alicyclic amines) is 1. The van der Waals surface area contributed by atoms with Gasteiger partial charge in [-0.25, -0.2) is 30.7 Å². The number of hydrogen-bond acceptors (Lipinski definition) is 4. The number of nitrogens with one attached hydrogen (secondary N) is 1. The lowest BCUT2D eigenvalue weighted by Gasteiger charge is -2.34. The van der Waals surface area contributed by atoms with Crippen molar-refractivity contribution in [3.8, 4) is 11.1 Å². The van der Waals surface area contributed by atoms with E-state index in [4.69, 9.17) is 4.74 Å². The first-order chi connectivity index (χ1) is 17.0. The third kappa shape index (κ3) is 4.52. The molecule has 194 valence electrons. The number of alkyl halides is 2. The van der Waals surface area contributed by atoms with Crippen LogP contribution in [0.15, 0.2) is 36.4 Å². The molecule has 1 N–H and O–H groups in total. The fourth-order valence-corrected chi connectivity index (χ4v) is 6.46. The number of sulfonamides is 1. The summed E-state index contributed by atoms with van der Waals surface area (Å²) in [4.78, 5) is 13.9. The van der Waals surface area contributed by atoms with E-state index in [1.165, 1.54) is 24.3 Å². The van der Waals surface area contributed by atoms with Crippen LogP contribution in [0.2, 0.25) is 0 Å². The van der Waals surface area contributed by atoms with Gasteiger partial charge in [0, 0.05) is 17.5 Å². The lowest BCUT2D eigenvalue weighted by molar-refractivity contribution is -0.158. The molecule has 2 aliphatic heterocycles. The summed E-state index contributed by atoms with van der Waals surface area (Å²) < 4.78 is 93.3. The van der Waals surface area contributed by atoms with Crippen molar-refractivity contribution in [1.29, 1.82) is 0 Å². The molecule has 0 radical (unpaired) electrons. The first-order valence-corrected chi connectivity index (χ1v) is 13.4. The van der Waals surface area contributed by atoms with Gasteiger partial charge in [0.05, 0.1) is 24.4 Å². The molecular formula is C25H26F4N2O4S. The molecule has 3 atom stereocenters. The maximum atomic E-state index is 15.7. The van der Waals surface area contributed by atoms with Crippen LogP contribution in [0.3, 0.4) is 0 Å². The normalized spacial score (nSPS) is 25.6. The molecule has 1 aliphatic carbocycles. The van der Waals surface area contributed by atoms with Gasteiger partial charge in [0.15, 0.2) is 0 Å². The first kappa shape index (κ1) is 25.2. The standard InChI is InChI=1S/C25H26F4N2O4S/c1-14-4-2-6-17(21(14)26)18-7-3-5-15(22(18)27)12-19-23(30-36(33,34)16-8-9-16)25(28,29)13-31(19)24(32)20-10-11-35-20/h2-7,16,19-20,23,30H,8-13H2,1H3/t19-,20+,23+/m0/s1. The molecule has 2 saturated heterocycles. The van der Waals surface area contributed by atoms with Crippen LogP contribution in [0.1, 0.15) is 30.4 Å². The third-order valence-electron chi connectivity index (χ3n) is 7.12. The second-order valence-corrected chi connectivity index (χ2v) is 11.7. The molecule has 2 aromatic rings. The fourth-order valence-electron chi connectivity index (χ4n) is 4.83. The van der Waals surface area contributed by atoms with Crippen LogP contribution in [0.5, 0.6) is 0 Å². The van der Waals surface area contributed by atoms with E-state index < -0.39 is 63.5 Å². The molecule has 5 rings (SSSR count). The summed E-state index contributed by atoms with van der Waals surface area (Å²) in [7, 11) is -4.04. The molecule has 0 unspecified atom stereocenters. The summed E-state index contributed by atoms with van der Waals surface area (Å²) >= 11 is 0. The quantitative estimate of drug-likeness (QED) is 0.560. The van der Waals surface area contributed by atoms with Crippen molar-refractivity contribution in [3.05, 3.63) is 59.2 Å². The zero-order valence-electron chi connectivity index (χ0n) is 19.5. The number of hydrogen-bond donors (Lipinski definition) is 1. The van der Waals surface area contributed by atoms with E-state index >= 15 is 13.2 Å². The van der Waals surface area contributed by atoms with Gasteiger partial charge in [-0.3, -0.25) is 4.79 Å². The minimum absolute atomic E-state index is 0.0212. The smallest absolute Gasteiger partial charge is 0.283 e. The maximum Gasteiger partial charge on any atom is 0.283 e. The highest BCUT2D eigenvalue weighted by Crippen LogP contribution is 2.39. The van der Waals surface area contributed by atoms with Gasteiger partial charge in [-0.1, -0.05) is 36.4 Å². The van der Waals surface area contributed by atoms with Crippen LogP contribution in [0.25, 0.3) is 11.1 Å². The average Bonchev–Trinajstić information content (AvgIpc) is 3.60. The van der Waals surface area contributed by atoms with E-state index in [0.717, 1.165) is 4.90 Å². The van der Waals surface area contributed by atoms with Crippen LogP contribution in [0.4, 0.5) is 17.6 Å². The van der Waals surface area contributed by atoms with E-state index in [1.807, 2.05) is 0 Å². The van der Waals surface area contributed by atoms with E-state index in [1.54, 1.807) is 19.1 Å². The Hall–Kier alpha value is -2.50. The van der Waals surface area contributed by atoms with Gasteiger partial charge in [0.2, 0.25) is 10.0 Å². The Morgan fingerprint density at radius 1 is 1.08 bits per heavy atom. The molecule has 36 heavy (non-hydrogen) atoms. The molecule has 3 aliphatic rings. The van der Waals surface area contributed by atoms with Gasteiger partial charge >= 0.3 is 0 Å². The van der Waals surface area contributed by atoms with Crippen molar-refractivity contribution >= 4 is 15.9 Å². The van der Waals surface area contributed by atoms with Crippen molar-refractivity contribution < 1.29 is 35.5 Å². The summed E-state index contributed by atoms with van der Waals surface area (Å²) in [5.74, 6) is -5.67. The third-order valence-corrected chi connectivity index (χ3v) is 9.05. The van der Waals surface area contributed by atoms with Crippen LogP contribution >= 0.6 is 0 Å². The Bertz CT molecular complexity index is 1290. The Labute approximate surface area is 206 Å². The van der Waals surface area contributed by atoms with Crippen molar-refractivity contribution in [3.63, 3.8) is 0 Å². The molecule has 2 heterocycles. The second kappa shape index (κ2) is 9.11. The molecule has 2 aromatic carbocycles. The molecule has 1 saturated carbocycles. The highest BCUT2D eigenvalue weighted by atomic mass is 32.2. The SMILES string of the molecule is Cc1cccc(-c2cccc(C[C@H]3[C@@H](NS(=O)(=O)C4CC4)C(F)(F)CN3C(=O)[C@H]3CCO3)c2F)c1F. The van der Waals surface area contributed by atoms with Gasteiger partial charge < -0.3 is 9.64 Å². The minimum atomic E-state index is -4.04. The molecule has 11 heteroatoms. The maximum absolute atomic E-state index is 15.7. The predicted octanol–water partition coefficient (Wildman–Crippen LogP) is 3.57. The molecule has 1 amide bonds. The number of nitrogens with zero attached hydrogens (tertiary/aromatic N) is 1. The fraction of sp³-hybridized carbons (Fsp3) is 0.480. The molecule has 0 bridgehead atoms. The highest BCUT2D eigenvalue weighted by Gasteiger charge is 2.59. The molecular weight excluding hydrogens is 500 g/mol. The number of rotatable bonds is 7. The second-order valence-electron chi connectivity index (χ2n) is 9.70. The molecule has 0 aromatic heterocycles. The van der Waals surface area contributed by atoms with Crippen molar-refractivity contribution in [2.75, 3.05) is 13.2 Å². The Kier molecular flexibility index (Phi) is 6.37. The number of ether oxygens (including phenoxy) is 1. The van der Waals surface area contributed by atoms with E-state index in [-0.39, 0.29) is 23.1 Å². The number of carbonyl (C=O) groups excluding carboxylic acids is 1. The van der Waals surface area contributed by atoms with E-state index in [9.17, 15) is 17.6 Å². The molecule has 3 fully saturated rings. The van der Waals surface area contributed by atoms with Crippen molar-refractivity contribution in [2.45, 2.75) is 62.0 Å². The largest absolute Gasteiger partial charge is 0.368 e. The lowest BCUT2D eigenvalue weighted by atomic mass is 9.94. The monoisotopic (exact) mass is 526 g/mol.